The van der Waals surface area contributed by atoms with E-state index in [9.17, 15) is 16.8 Å². The predicted molar refractivity (Wildman–Crippen MR) is 73.0 cm³/mol. The van der Waals surface area contributed by atoms with E-state index >= 15 is 0 Å². The summed E-state index contributed by atoms with van der Waals surface area (Å²) in [6.45, 7) is 4.13. The van der Waals surface area contributed by atoms with Gasteiger partial charge in [-0.3, -0.25) is 0 Å². The normalized spacial score (nSPS) is 12.8. The van der Waals surface area contributed by atoms with Gasteiger partial charge in [0.1, 0.15) is 0 Å². The van der Waals surface area contributed by atoms with Gasteiger partial charge in [-0.1, -0.05) is 13.8 Å². The molecule has 0 heterocycles. The zero-order chi connectivity index (χ0) is 14.7. The second-order valence-electron chi connectivity index (χ2n) is 3.74. The van der Waals surface area contributed by atoms with E-state index in [-0.39, 0.29) is 4.90 Å². The van der Waals surface area contributed by atoms with Crippen molar-refractivity contribution in [3.05, 3.63) is 24.3 Å². The molecule has 0 fully saturated rings. The Bertz CT molecular complexity index is 619. The summed E-state index contributed by atoms with van der Waals surface area (Å²) in [5.41, 5.74) is 5.79. The highest BCUT2D eigenvalue weighted by Crippen LogP contribution is 2.17. The first-order valence-electron chi connectivity index (χ1n) is 5.62. The van der Waals surface area contributed by atoms with Gasteiger partial charge >= 0.3 is 9.06 Å². The number of nitrogens with zero attached hydrogens (tertiary/aromatic N) is 1. The third-order valence-electron chi connectivity index (χ3n) is 2.46. The molecular formula is C10H17N3O4S2. The number of anilines is 1. The molecule has 0 unspecified atom stereocenters. The minimum atomic E-state index is -4.54. The average Bonchev–Trinajstić information content (AvgIpc) is 2.36. The second-order valence-corrected chi connectivity index (χ2v) is 8.84. The van der Waals surface area contributed by atoms with E-state index < -0.39 is 17.9 Å². The van der Waals surface area contributed by atoms with Crippen molar-refractivity contribution < 1.29 is 16.8 Å². The summed E-state index contributed by atoms with van der Waals surface area (Å²) in [5.74, 6) is 0. The van der Waals surface area contributed by atoms with Crippen LogP contribution in [-0.4, -0.2) is 34.9 Å². The van der Waals surface area contributed by atoms with Gasteiger partial charge in [0.2, 0.25) is 0 Å². The molecule has 0 aliphatic heterocycles. The van der Waals surface area contributed by atoms with Crippen LogP contribution in [0.1, 0.15) is 13.8 Å². The summed E-state index contributed by atoms with van der Waals surface area (Å²) in [7, 11) is -9.05. The molecule has 1 aromatic carbocycles. The van der Waals surface area contributed by atoms with Crippen molar-refractivity contribution in [3.8, 4) is 0 Å². The van der Waals surface area contributed by atoms with Crippen LogP contribution >= 0.6 is 0 Å². The molecule has 3 N–H and O–H groups in total. The van der Waals surface area contributed by atoms with Crippen LogP contribution in [0.5, 0.6) is 0 Å². The molecule has 0 saturated heterocycles. The zero-order valence-electron chi connectivity index (χ0n) is 10.7. The zero-order valence-corrected chi connectivity index (χ0v) is 12.3. The molecule has 0 atom stereocenters. The monoisotopic (exact) mass is 307 g/mol. The Labute approximate surface area is 112 Å². The minimum absolute atomic E-state index is 0.318. The van der Waals surface area contributed by atoms with Gasteiger partial charge in [-0.2, -0.15) is 8.42 Å². The van der Waals surface area contributed by atoms with Crippen LogP contribution < -0.4 is 10.6 Å². The summed E-state index contributed by atoms with van der Waals surface area (Å²) in [6.07, 6.45) is 0. The van der Waals surface area contributed by atoms with E-state index in [4.69, 9.17) is 5.73 Å². The molecule has 0 saturated carbocycles. The number of hydrogen-bond acceptors (Lipinski definition) is 6. The summed E-state index contributed by atoms with van der Waals surface area (Å²) < 4.78 is 47.8. The summed E-state index contributed by atoms with van der Waals surface area (Å²) in [4.78, 5) is 1.71. The summed E-state index contributed by atoms with van der Waals surface area (Å²) in [6, 6.07) is 4.98. The van der Waals surface area contributed by atoms with Crippen LogP contribution in [0.4, 0.5) is 5.69 Å². The maximum absolute atomic E-state index is 12.0. The Morgan fingerprint density at radius 2 is 1.53 bits per heavy atom. The smallest absolute Gasteiger partial charge is 0.334 e. The predicted octanol–water partition coefficient (Wildman–Crippen LogP) is 0.134. The fourth-order valence-corrected chi connectivity index (χ4v) is 4.42. The number of benzene rings is 1. The molecule has 1 aromatic rings. The number of nitrogen functional groups attached to an aromatic ring is 1. The third-order valence-corrected chi connectivity index (χ3v) is 6.91. The van der Waals surface area contributed by atoms with E-state index in [0.717, 1.165) is 12.1 Å². The molecule has 0 aromatic heterocycles. The lowest BCUT2D eigenvalue weighted by molar-refractivity contribution is 0.270. The third kappa shape index (κ3) is 3.44. The molecule has 0 radical (unpaired) electrons. The fraction of sp³-hybridized carbons (Fsp3) is 0.400. The van der Waals surface area contributed by atoms with Gasteiger partial charge in [-0.05, 0) is 24.3 Å². The lowest BCUT2D eigenvalue weighted by atomic mass is 10.3. The molecule has 9 heteroatoms. The fourth-order valence-electron chi connectivity index (χ4n) is 1.32. The van der Waals surface area contributed by atoms with E-state index in [1.807, 2.05) is 4.83 Å². The van der Waals surface area contributed by atoms with E-state index in [1.165, 1.54) is 17.1 Å². The molecule has 0 bridgehead atoms. The largest absolute Gasteiger partial charge is 0.399 e. The van der Waals surface area contributed by atoms with Gasteiger partial charge in [-0.25, -0.2) is 13.4 Å². The number of rotatable bonds is 6. The number of hydrazine groups is 1. The lowest BCUT2D eigenvalue weighted by Gasteiger charge is -2.19. The van der Waals surface area contributed by atoms with Crippen LogP contribution in [0.3, 0.4) is 0 Å². The summed E-state index contributed by atoms with van der Waals surface area (Å²) >= 11 is 0. The maximum atomic E-state index is 12.0. The first-order valence-corrected chi connectivity index (χ1v) is 9.11. The Kier molecular flexibility index (Phi) is 4.91. The molecule has 7 nitrogen and oxygen atoms in total. The van der Waals surface area contributed by atoms with Gasteiger partial charge in [0, 0.05) is 18.8 Å². The standard InChI is InChI=1S/C10H17N3O4S2/c1-3-13(4-2)12-19(16,17)18(14,15)10-7-5-9(11)6-8-10/h5-8,12H,3-4,11H2,1-2H3. The summed E-state index contributed by atoms with van der Waals surface area (Å²) in [5, 5.41) is 1.28. The number of nitrogens with two attached hydrogens (primary N) is 1. The molecule has 108 valence electrons. The van der Waals surface area contributed by atoms with Crippen LogP contribution in [-0.2, 0) is 17.9 Å². The van der Waals surface area contributed by atoms with Crippen molar-refractivity contribution in [1.29, 1.82) is 0 Å². The molecule has 0 aliphatic carbocycles. The SMILES string of the molecule is CCN(CC)NS(=O)(=O)S(=O)(=O)c1ccc(N)cc1. The molecule has 0 spiro atoms. The van der Waals surface area contributed by atoms with Crippen molar-refractivity contribution >= 4 is 23.6 Å². The van der Waals surface area contributed by atoms with E-state index in [1.54, 1.807) is 13.8 Å². The minimum Gasteiger partial charge on any atom is -0.399 e. The van der Waals surface area contributed by atoms with Crippen LogP contribution in [0.25, 0.3) is 0 Å². The van der Waals surface area contributed by atoms with Crippen LogP contribution in [0.15, 0.2) is 29.2 Å². The highest BCUT2D eigenvalue weighted by molar-refractivity contribution is 8.66. The molecule has 1 rings (SSSR count). The highest BCUT2D eigenvalue weighted by Gasteiger charge is 2.32. The van der Waals surface area contributed by atoms with Gasteiger partial charge < -0.3 is 5.73 Å². The number of nitrogens with one attached hydrogen (secondary N) is 1. The Hall–Kier alpha value is -1.16. The van der Waals surface area contributed by atoms with Gasteiger partial charge in [-0.15, -0.1) is 4.83 Å². The van der Waals surface area contributed by atoms with Crippen LogP contribution in [0.2, 0.25) is 0 Å². The molecule has 0 aliphatic rings. The molecule has 0 amide bonds. The average molecular weight is 307 g/mol. The van der Waals surface area contributed by atoms with Crippen molar-refractivity contribution in [2.45, 2.75) is 18.7 Å². The van der Waals surface area contributed by atoms with Gasteiger partial charge in [0.05, 0.1) is 4.90 Å². The second kappa shape index (κ2) is 5.87. The number of hydrogen-bond donors (Lipinski definition) is 2. The molecule has 19 heavy (non-hydrogen) atoms. The Balaban J connectivity index is 3.15. The highest BCUT2D eigenvalue weighted by atomic mass is 33.2. The maximum Gasteiger partial charge on any atom is 0.334 e. The first kappa shape index (κ1) is 15.9. The lowest BCUT2D eigenvalue weighted by Crippen LogP contribution is -2.44. The van der Waals surface area contributed by atoms with Gasteiger partial charge in [0.15, 0.2) is 0 Å². The molecular weight excluding hydrogens is 290 g/mol. The topological polar surface area (TPSA) is 110 Å². The van der Waals surface area contributed by atoms with Crippen molar-refractivity contribution in [3.63, 3.8) is 0 Å². The Morgan fingerprint density at radius 1 is 1.05 bits per heavy atom. The van der Waals surface area contributed by atoms with Gasteiger partial charge in [0.25, 0.3) is 8.87 Å². The van der Waals surface area contributed by atoms with Crippen molar-refractivity contribution in [2.75, 3.05) is 18.8 Å². The quantitative estimate of drug-likeness (QED) is 0.439. The van der Waals surface area contributed by atoms with Crippen molar-refractivity contribution in [1.82, 2.24) is 9.84 Å². The van der Waals surface area contributed by atoms with Crippen LogP contribution in [0, 0.1) is 0 Å². The van der Waals surface area contributed by atoms with E-state index in [0.29, 0.717) is 18.8 Å². The van der Waals surface area contributed by atoms with E-state index in [2.05, 4.69) is 0 Å². The van der Waals surface area contributed by atoms with Crippen molar-refractivity contribution in [2.24, 2.45) is 0 Å². The first-order chi connectivity index (χ1) is 8.74. The Morgan fingerprint density at radius 3 is 1.95 bits per heavy atom.